The van der Waals surface area contributed by atoms with Crippen LogP contribution in [0.15, 0.2) is 53.1 Å². The molecular formula is C16H11BrN4O4. The number of nitro groups is 1. The Morgan fingerprint density at radius 2 is 1.92 bits per heavy atom. The SMILES string of the molecule is NNC(=O)c1cn(C(=O)c2ccc(Br)c([N+](=O)[O-])c2)c2ccccc12. The summed E-state index contributed by atoms with van der Waals surface area (Å²) in [4.78, 5) is 35.3. The maximum atomic E-state index is 12.8. The number of fused-ring (bicyclic) bond motifs is 1. The molecule has 0 spiro atoms. The van der Waals surface area contributed by atoms with Crippen molar-refractivity contribution in [2.24, 2.45) is 5.84 Å². The van der Waals surface area contributed by atoms with Crippen LogP contribution >= 0.6 is 15.9 Å². The second-order valence-corrected chi connectivity index (χ2v) is 5.99. The van der Waals surface area contributed by atoms with Crippen molar-refractivity contribution in [3.8, 4) is 0 Å². The van der Waals surface area contributed by atoms with Crippen molar-refractivity contribution in [2.45, 2.75) is 0 Å². The van der Waals surface area contributed by atoms with E-state index in [2.05, 4.69) is 15.9 Å². The Morgan fingerprint density at radius 1 is 1.20 bits per heavy atom. The summed E-state index contributed by atoms with van der Waals surface area (Å²) in [6.45, 7) is 0. The Labute approximate surface area is 149 Å². The number of hydrogen-bond donors (Lipinski definition) is 2. The van der Waals surface area contributed by atoms with Gasteiger partial charge in [0.05, 0.1) is 20.5 Å². The predicted octanol–water partition coefficient (Wildman–Crippen LogP) is 2.60. The smallest absolute Gasteiger partial charge is 0.284 e. The first-order chi connectivity index (χ1) is 11.9. The summed E-state index contributed by atoms with van der Waals surface area (Å²) in [6.07, 6.45) is 1.36. The zero-order valence-electron chi connectivity index (χ0n) is 12.6. The number of nitrogens with one attached hydrogen (secondary N) is 1. The molecule has 1 heterocycles. The Hall–Kier alpha value is -3.04. The number of carbonyl (C=O) groups is 2. The standard InChI is InChI=1S/C16H11BrN4O4/c17-12-6-5-9(7-14(12)21(24)25)16(23)20-8-11(15(22)19-18)10-3-1-2-4-13(10)20/h1-8H,18H2,(H,19,22). The number of hydrazine groups is 1. The number of rotatable bonds is 3. The molecule has 0 aliphatic rings. The highest BCUT2D eigenvalue weighted by atomic mass is 79.9. The number of halogens is 1. The molecule has 3 aromatic rings. The number of para-hydroxylation sites is 1. The minimum absolute atomic E-state index is 0.121. The number of hydrogen-bond acceptors (Lipinski definition) is 5. The molecule has 0 unspecified atom stereocenters. The molecule has 25 heavy (non-hydrogen) atoms. The van der Waals surface area contributed by atoms with Gasteiger partial charge in [0.25, 0.3) is 17.5 Å². The highest BCUT2D eigenvalue weighted by Crippen LogP contribution is 2.27. The molecule has 3 rings (SSSR count). The highest BCUT2D eigenvalue weighted by Gasteiger charge is 2.21. The summed E-state index contributed by atoms with van der Waals surface area (Å²) in [5.41, 5.74) is 2.67. The third-order valence-electron chi connectivity index (χ3n) is 3.70. The average Bonchev–Trinajstić information content (AvgIpc) is 3.00. The molecule has 0 saturated carbocycles. The molecule has 2 aromatic carbocycles. The molecule has 8 nitrogen and oxygen atoms in total. The average molecular weight is 403 g/mol. The molecule has 1 amide bonds. The molecule has 1 aromatic heterocycles. The number of nitrogens with two attached hydrogens (primary N) is 1. The summed E-state index contributed by atoms with van der Waals surface area (Å²) in [5, 5.41) is 11.6. The topological polar surface area (TPSA) is 120 Å². The van der Waals surface area contributed by atoms with E-state index in [-0.39, 0.29) is 21.3 Å². The number of nitro benzene ring substituents is 1. The molecule has 0 atom stereocenters. The van der Waals surface area contributed by atoms with Crippen LogP contribution in [0.4, 0.5) is 5.69 Å². The molecular weight excluding hydrogens is 392 g/mol. The lowest BCUT2D eigenvalue weighted by atomic mass is 10.1. The molecule has 0 aliphatic carbocycles. The number of nitrogen functional groups attached to an aromatic ring is 1. The van der Waals surface area contributed by atoms with Gasteiger partial charge >= 0.3 is 0 Å². The number of aromatic nitrogens is 1. The van der Waals surface area contributed by atoms with Gasteiger partial charge in [-0.25, -0.2) is 5.84 Å². The minimum atomic E-state index is -0.581. The predicted molar refractivity (Wildman–Crippen MR) is 94.1 cm³/mol. The summed E-state index contributed by atoms with van der Waals surface area (Å²) in [7, 11) is 0. The lowest BCUT2D eigenvalue weighted by Crippen LogP contribution is -2.29. The molecule has 126 valence electrons. The van der Waals surface area contributed by atoms with E-state index in [1.54, 1.807) is 24.3 Å². The van der Waals surface area contributed by atoms with Crippen molar-refractivity contribution in [2.75, 3.05) is 0 Å². The Balaban J connectivity index is 2.17. The quantitative estimate of drug-likeness (QED) is 0.302. The van der Waals surface area contributed by atoms with E-state index < -0.39 is 16.7 Å². The second-order valence-electron chi connectivity index (χ2n) is 5.13. The third-order valence-corrected chi connectivity index (χ3v) is 4.37. The van der Waals surface area contributed by atoms with Gasteiger partial charge in [-0.15, -0.1) is 0 Å². The van der Waals surface area contributed by atoms with E-state index in [0.717, 1.165) is 0 Å². The van der Waals surface area contributed by atoms with Gasteiger partial charge in [0.1, 0.15) is 0 Å². The summed E-state index contributed by atoms with van der Waals surface area (Å²) < 4.78 is 1.54. The van der Waals surface area contributed by atoms with Gasteiger partial charge in [-0.2, -0.15) is 0 Å². The molecule has 9 heteroatoms. The molecule has 3 N–H and O–H groups in total. The fourth-order valence-corrected chi connectivity index (χ4v) is 2.92. The third kappa shape index (κ3) is 2.90. The zero-order chi connectivity index (χ0) is 18.1. The fraction of sp³-hybridized carbons (Fsp3) is 0. The van der Waals surface area contributed by atoms with Gasteiger partial charge in [0, 0.05) is 23.2 Å². The van der Waals surface area contributed by atoms with E-state index in [9.17, 15) is 19.7 Å². The first-order valence-corrected chi connectivity index (χ1v) is 7.83. The highest BCUT2D eigenvalue weighted by molar-refractivity contribution is 9.10. The van der Waals surface area contributed by atoms with Crippen LogP contribution in [0.1, 0.15) is 20.7 Å². The lowest BCUT2D eigenvalue weighted by molar-refractivity contribution is -0.385. The van der Waals surface area contributed by atoms with E-state index >= 15 is 0 Å². The Morgan fingerprint density at radius 3 is 2.60 bits per heavy atom. The monoisotopic (exact) mass is 402 g/mol. The first kappa shape index (κ1) is 16.8. The summed E-state index contributed by atoms with van der Waals surface area (Å²) in [6, 6.07) is 10.9. The number of benzene rings is 2. The summed E-state index contributed by atoms with van der Waals surface area (Å²) in [5.74, 6) is 4.15. The van der Waals surface area contributed by atoms with Crippen molar-refractivity contribution >= 4 is 44.3 Å². The second kappa shape index (κ2) is 6.46. The maximum absolute atomic E-state index is 12.8. The van der Waals surface area contributed by atoms with Crippen molar-refractivity contribution in [1.29, 1.82) is 0 Å². The Bertz CT molecular complexity index is 1030. The van der Waals surface area contributed by atoms with Gasteiger partial charge in [0.2, 0.25) is 0 Å². The van der Waals surface area contributed by atoms with Crippen LogP contribution in [0.5, 0.6) is 0 Å². The van der Waals surface area contributed by atoms with Crippen molar-refractivity contribution in [1.82, 2.24) is 9.99 Å². The van der Waals surface area contributed by atoms with Crippen molar-refractivity contribution in [3.05, 3.63) is 74.4 Å². The van der Waals surface area contributed by atoms with Crippen LogP contribution in [-0.4, -0.2) is 21.3 Å². The summed E-state index contributed by atoms with van der Waals surface area (Å²) >= 11 is 3.08. The van der Waals surface area contributed by atoms with E-state index in [4.69, 9.17) is 5.84 Å². The zero-order valence-corrected chi connectivity index (χ0v) is 14.2. The molecule has 0 saturated heterocycles. The van der Waals surface area contributed by atoms with Crippen molar-refractivity contribution in [3.63, 3.8) is 0 Å². The van der Waals surface area contributed by atoms with Crippen LogP contribution in [-0.2, 0) is 0 Å². The van der Waals surface area contributed by atoms with Gasteiger partial charge in [-0.3, -0.25) is 29.7 Å². The molecule has 0 bridgehead atoms. The lowest BCUT2D eigenvalue weighted by Gasteiger charge is -2.05. The molecule has 0 aliphatic heterocycles. The largest absolute Gasteiger partial charge is 0.290 e. The van der Waals surface area contributed by atoms with Crippen LogP contribution in [0.2, 0.25) is 0 Å². The van der Waals surface area contributed by atoms with E-state index in [0.29, 0.717) is 10.9 Å². The van der Waals surface area contributed by atoms with Gasteiger partial charge < -0.3 is 0 Å². The normalized spacial score (nSPS) is 10.6. The number of amides is 1. The van der Waals surface area contributed by atoms with Crippen LogP contribution < -0.4 is 11.3 Å². The number of carbonyl (C=O) groups excluding carboxylic acids is 2. The van der Waals surface area contributed by atoms with E-state index in [1.165, 1.54) is 29.0 Å². The maximum Gasteiger partial charge on any atom is 0.284 e. The van der Waals surface area contributed by atoms with Crippen LogP contribution in [0.25, 0.3) is 10.9 Å². The molecule has 0 fully saturated rings. The van der Waals surface area contributed by atoms with Gasteiger partial charge in [-0.05, 0) is 34.1 Å². The minimum Gasteiger partial charge on any atom is -0.290 e. The molecule has 0 radical (unpaired) electrons. The fourth-order valence-electron chi connectivity index (χ4n) is 2.53. The van der Waals surface area contributed by atoms with E-state index in [1.807, 2.05) is 5.43 Å². The first-order valence-electron chi connectivity index (χ1n) is 7.03. The van der Waals surface area contributed by atoms with Crippen molar-refractivity contribution < 1.29 is 14.5 Å². The van der Waals surface area contributed by atoms with Crippen LogP contribution in [0, 0.1) is 10.1 Å². The Kier molecular flexibility index (Phi) is 4.34. The van der Waals surface area contributed by atoms with Crippen LogP contribution in [0.3, 0.4) is 0 Å². The van der Waals surface area contributed by atoms with Gasteiger partial charge in [-0.1, -0.05) is 18.2 Å². The number of nitrogens with zero attached hydrogens (tertiary/aromatic N) is 2. The van der Waals surface area contributed by atoms with Gasteiger partial charge in [0.15, 0.2) is 0 Å².